The maximum absolute atomic E-state index is 12.4. The van der Waals surface area contributed by atoms with E-state index in [0.717, 1.165) is 16.9 Å². The Morgan fingerprint density at radius 2 is 1.52 bits per heavy atom. The van der Waals surface area contributed by atoms with Gasteiger partial charge >= 0.3 is 6.18 Å². The minimum absolute atomic E-state index is 0.161. The molecule has 1 heterocycles. The summed E-state index contributed by atoms with van der Waals surface area (Å²) in [6.07, 6.45) is -4.46. The van der Waals surface area contributed by atoms with Crippen molar-refractivity contribution in [3.8, 4) is 21.8 Å². The summed E-state index contributed by atoms with van der Waals surface area (Å²) in [4.78, 5) is 16.9. The maximum atomic E-state index is 12.4. The van der Waals surface area contributed by atoms with E-state index in [1.165, 1.54) is 0 Å². The van der Waals surface area contributed by atoms with Gasteiger partial charge in [-0.2, -0.15) is 13.2 Å². The fraction of sp³-hybridized carbons (Fsp3) is 0.111. The second-order valence-corrected chi connectivity index (χ2v) is 6.23. The van der Waals surface area contributed by atoms with Crippen LogP contribution in [0.4, 0.5) is 13.2 Å². The van der Waals surface area contributed by atoms with Crippen LogP contribution in [0.25, 0.3) is 21.8 Å². The topological polar surface area (TPSA) is 42.0 Å². The highest BCUT2D eigenvalue weighted by Crippen LogP contribution is 2.33. The third-order valence-corrected chi connectivity index (χ3v) is 4.45. The molecule has 0 saturated heterocycles. The molecule has 0 radical (unpaired) electrons. The molecule has 128 valence electrons. The predicted molar refractivity (Wildman–Crippen MR) is 91.4 cm³/mol. The van der Waals surface area contributed by atoms with Crippen molar-refractivity contribution in [2.45, 2.75) is 6.18 Å². The number of nitrogens with one attached hydrogen (secondary N) is 1. The van der Waals surface area contributed by atoms with E-state index >= 15 is 0 Å². The quantitative estimate of drug-likeness (QED) is 0.726. The molecule has 1 aromatic heterocycles. The molecule has 0 fully saturated rings. The maximum Gasteiger partial charge on any atom is 0.405 e. The van der Waals surface area contributed by atoms with E-state index in [4.69, 9.17) is 0 Å². The summed E-state index contributed by atoms with van der Waals surface area (Å²) in [7, 11) is 0. The van der Waals surface area contributed by atoms with E-state index in [2.05, 4.69) is 4.98 Å². The van der Waals surface area contributed by atoms with Crippen molar-refractivity contribution in [3.63, 3.8) is 0 Å². The highest BCUT2D eigenvalue weighted by Gasteiger charge is 2.29. The van der Waals surface area contributed by atoms with Crippen LogP contribution in [0.3, 0.4) is 0 Å². The minimum atomic E-state index is -4.46. The first kappa shape index (κ1) is 17.2. The number of carbonyl (C=O) groups is 1. The Kier molecular flexibility index (Phi) is 4.85. The van der Waals surface area contributed by atoms with Gasteiger partial charge in [-0.15, -0.1) is 11.3 Å². The van der Waals surface area contributed by atoms with Crippen LogP contribution in [-0.2, 0) is 0 Å². The van der Waals surface area contributed by atoms with Gasteiger partial charge in [-0.05, 0) is 0 Å². The number of hydrogen-bond acceptors (Lipinski definition) is 3. The number of alkyl halides is 3. The third kappa shape index (κ3) is 4.24. The molecule has 0 aliphatic rings. The van der Waals surface area contributed by atoms with Gasteiger partial charge in [0.2, 0.25) is 0 Å². The van der Waals surface area contributed by atoms with Gasteiger partial charge in [0.15, 0.2) is 0 Å². The molecule has 1 N–H and O–H groups in total. The van der Waals surface area contributed by atoms with Gasteiger partial charge in [0, 0.05) is 11.1 Å². The first-order chi connectivity index (χ1) is 11.9. The standard InChI is InChI=1S/C18H13F3N2OS/c19-18(20,21)11-22-16(24)15-14(12-7-3-1-4-8-12)23-17(25-15)13-9-5-2-6-10-13/h1-10H,11H2,(H,22,24). The smallest absolute Gasteiger partial charge is 0.342 e. The summed E-state index contributed by atoms with van der Waals surface area (Å²) in [5, 5.41) is 2.50. The van der Waals surface area contributed by atoms with Gasteiger partial charge in [0.05, 0.1) is 5.69 Å². The Balaban J connectivity index is 2.00. The molecule has 3 aromatic rings. The zero-order chi connectivity index (χ0) is 17.9. The summed E-state index contributed by atoms with van der Waals surface area (Å²) in [6, 6.07) is 18.1. The number of thiazole rings is 1. The molecular weight excluding hydrogens is 349 g/mol. The van der Waals surface area contributed by atoms with Crippen molar-refractivity contribution in [1.82, 2.24) is 10.3 Å². The van der Waals surface area contributed by atoms with Crippen LogP contribution in [0.2, 0.25) is 0 Å². The van der Waals surface area contributed by atoms with Crippen molar-refractivity contribution in [3.05, 3.63) is 65.5 Å². The molecular formula is C18H13F3N2OS. The summed E-state index contributed by atoms with van der Waals surface area (Å²) >= 11 is 1.08. The average molecular weight is 362 g/mol. The molecule has 0 bridgehead atoms. The largest absolute Gasteiger partial charge is 0.405 e. The lowest BCUT2D eigenvalue weighted by Gasteiger charge is -2.08. The van der Waals surface area contributed by atoms with Gasteiger partial charge in [-0.1, -0.05) is 60.7 Å². The fourth-order valence-corrected chi connectivity index (χ4v) is 3.24. The number of amides is 1. The van der Waals surface area contributed by atoms with Crippen LogP contribution >= 0.6 is 11.3 Å². The van der Waals surface area contributed by atoms with Crippen LogP contribution in [0.5, 0.6) is 0 Å². The highest BCUT2D eigenvalue weighted by molar-refractivity contribution is 7.17. The van der Waals surface area contributed by atoms with E-state index in [1.54, 1.807) is 24.3 Å². The van der Waals surface area contributed by atoms with Crippen molar-refractivity contribution in [1.29, 1.82) is 0 Å². The third-order valence-electron chi connectivity index (χ3n) is 3.35. The molecule has 0 unspecified atom stereocenters. The second-order valence-electron chi connectivity index (χ2n) is 5.23. The number of nitrogens with zero attached hydrogens (tertiary/aromatic N) is 1. The molecule has 7 heteroatoms. The Hall–Kier alpha value is -2.67. The SMILES string of the molecule is O=C(NCC(F)(F)F)c1sc(-c2ccccc2)nc1-c1ccccc1. The Morgan fingerprint density at radius 3 is 2.08 bits per heavy atom. The van der Waals surface area contributed by atoms with Crippen molar-refractivity contribution < 1.29 is 18.0 Å². The van der Waals surface area contributed by atoms with Gasteiger partial charge in [-0.3, -0.25) is 4.79 Å². The van der Waals surface area contributed by atoms with Gasteiger partial charge in [0.1, 0.15) is 16.4 Å². The van der Waals surface area contributed by atoms with Gasteiger partial charge in [0.25, 0.3) is 5.91 Å². The fourth-order valence-electron chi connectivity index (χ4n) is 2.23. The normalized spacial score (nSPS) is 11.3. The molecule has 1 amide bonds. The summed E-state index contributed by atoms with van der Waals surface area (Å²) in [5.41, 5.74) is 1.86. The highest BCUT2D eigenvalue weighted by atomic mass is 32.1. The van der Waals surface area contributed by atoms with E-state index in [-0.39, 0.29) is 4.88 Å². The van der Waals surface area contributed by atoms with E-state index < -0.39 is 18.6 Å². The molecule has 0 spiro atoms. The molecule has 2 aromatic carbocycles. The van der Waals surface area contributed by atoms with Crippen molar-refractivity contribution in [2.24, 2.45) is 0 Å². The monoisotopic (exact) mass is 362 g/mol. The first-order valence-electron chi connectivity index (χ1n) is 7.41. The van der Waals surface area contributed by atoms with Crippen LogP contribution in [0.1, 0.15) is 9.67 Å². The van der Waals surface area contributed by atoms with E-state index in [1.807, 2.05) is 41.7 Å². The molecule has 3 nitrogen and oxygen atoms in total. The summed E-state index contributed by atoms with van der Waals surface area (Å²) < 4.78 is 37.2. The number of carbonyl (C=O) groups excluding carboxylic acids is 1. The van der Waals surface area contributed by atoms with Crippen LogP contribution in [-0.4, -0.2) is 23.6 Å². The Labute approximate surface area is 146 Å². The van der Waals surface area contributed by atoms with Gasteiger partial charge < -0.3 is 5.32 Å². The van der Waals surface area contributed by atoms with Crippen molar-refractivity contribution >= 4 is 17.2 Å². The Morgan fingerprint density at radius 1 is 0.960 bits per heavy atom. The zero-order valence-corrected chi connectivity index (χ0v) is 13.7. The second kappa shape index (κ2) is 7.06. The lowest BCUT2D eigenvalue weighted by molar-refractivity contribution is -0.123. The summed E-state index contributed by atoms with van der Waals surface area (Å²) in [6.45, 7) is -1.38. The number of halogens is 3. The van der Waals surface area contributed by atoms with Crippen LogP contribution in [0.15, 0.2) is 60.7 Å². The van der Waals surface area contributed by atoms with Crippen LogP contribution < -0.4 is 5.32 Å². The minimum Gasteiger partial charge on any atom is -0.342 e. The number of aromatic nitrogens is 1. The summed E-state index contributed by atoms with van der Waals surface area (Å²) in [5.74, 6) is -0.782. The number of benzene rings is 2. The molecule has 0 aliphatic carbocycles. The van der Waals surface area contributed by atoms with E-state index in [9.17, 15) is 18.0 Å². The Bertz CT molecular complexity index is 861. The first-order valence-corrected chi connectivity index (χ1v) is 8.22. The molecule has 0 atom stereocenters. The average Bonchev–Trinajstić information content (AvgIpc) is 3.06. The zero-order valence-electron chi connectivity index (χ0n) is 12.9. The van der Waals surface area contributed by atoms with Gasteiger partial charge in [-0.25, -0.2) is 4.98 Å². The molecule has 25 heavy (non-hydrogen) atoms. The lowest BCUT2D eigenvalue weighted by atomic mass is 10.1. The molecule has 3 rings (SSSR count). The predicted octanol–water partition coefficient (Wildman–Crippen LogP) is 4.77. The van der Waals surface area contributed by atoms with Crippen molar-refractivity contribution in [2.75, 3.05) is 6.54 Å². The van der Waals surface area contributed by atoms with E-state index in [0.29, 0.717) is 16.3 Å². The number of hydrogen-bond donors (Lipinski definition) is 1. The lowest BCUT2D eigenvalue weighted by Crippen LogP contribution is -2.33. The molecule has 0 saturated carbocycles. The van der Waals surface area contributed by atoms with Crippen LogP contribution in [0, 0.1) is 0 Å². The number of rotatable bonds is 4. The molecule has 0 aliphatic heterocycles.